The predicted molar refractivity (Wildman–Crippen MR) is 142 cm³/mol. The van der Waals surface area contributed by atoms with E-state index in [1.54, 1.807) is 31.2 Å². The maximum atomic E-state index is 12.6. The molecule has 0 bridgehead atoms. The molecule has 0 aliphatic rings. The number of nitrogens with zero attached hydrogens (tertiary/aromatic N) is 2. The molecule has 0 N–H and O–H groups in total. The molecular weight excluding hydrogens is 496 g/mol. The van der Waals surface area contributed by atoms with Crippen LogP contribution in [0.3, 0.4) is 0 Å². The van der Waals surface area contributed by atoms with Crippen LogP contribution < -0.4 is 4.74 Å². The van der Waals surface area contributed by atoms with E-state index in [2.05, 4.69) is 0 Å². The number of benzene rings is 3. The van der Waals surface area contributed by atoms with Crippen LogP contribution in [0.25, 0.3) is 11.0 Å². The number of sulfone groups is 1. The first-order valence-electron chi connectivity index (χ1n) is 11.7. The molecular formula is C28H29ClN2O4S. The van der Waals surface area contributed by atoms with E-state index in [9.17, 15) is 13.2 Å². The van der Waals surface area contributed by atoms with Crippen molar-refractivity contribution in [2.24, 2.45) is 7.05 Å². The summed E-state index contributed by atoms with van der Waals surface area (Å²) in [5.41, 5.74) is 2.76. The maximum absolute atomic E-state index is 12.6. The first-order valence-corrected chi connectivity index (χ1v) is 13.8. The van der Waals surface area contributed by atoms with Crippen LogP contribution in [0.1, 0.15) is 37.7 Å². The second-order valence-electron chi connectivity index (χ2n) is 9.32. The van der Waals surface area contributed by atoms with Gasteiger partial charge in [-0.15, -0.1) is 0 Å². The van der Waals surface area contributed by atoms with Gasteiger partial charge in [0.1, 0.15) is 11.5 Å². The van der Waals surface area contributed by atoms with E-state index in [-0.39, 0.29) is 29.3 Å². The summed E-state index contributed by atoms with van der Waals surface area (Å²) in [6, 6.07) is 19.6. The molecule has 0 saturated heterocycles. The smallest absolute Gasteiger partial charge is 0.178 e. The number of ketones is 1. The molecule has 4 rings (SSSR count). The van der Waals surface area contributed by atoms with Crippen LogP contribution in [0.4, 0.5) is 0 Å². The number of carbonyl (C=O) groups is 1. The molecule has 36 heavy (non-hydrogen) atoms. The standard InChI is InChI=1S/C28H29ClN2O4S/c1-5-36(33,34)24-13-8-20(9-14-24)17-22(32)16-19-6-11-23(12-7-19)35-28(2,3)27-30-25-15-10-21(29)18-26(25)31(27)4/h6-15,18H,5,16-17H2,1-4H3. The summed E-state index contributed by atoms with van der Waals surface area (Å²) in [4.78, 5) is 17.6. The van der Waals surface area contributed by atoms with Gasteiger partial charge in [-0.25, -0.2) is 13.4 Å². The lowest BCUT2D eigenvalue weighted by molar-refractivity contribution is -0.117. The third kappa shape index (κ3) is 5.63. The van der Waals surface area contributed by atoms with E-state index in [4.69, 9.17) is 21.3 Å². The van der Waals surface area contributed by atoms with Crippen LogP contribution in [0.2, 0.25) is 5.02 Å². The first kappa shape index (κ1) is 25.9. The van der Waals surface area contributed by atoms with Crippen LogP contribution in [0.15, 0.2) is 71.6 Å². The molecule has 3 aromatic carbocycles. The molecule has 0 aliphatic carbocycles. The largest absolute Gasteiger partial charge is 0.480 e. The molecule has 8 heteroatoms. The van der Waals surface area contributed by atoms with Gasteiger partial charge in [-0.1, -0.05) is 42.8 Å². The number of ether oxygens (including phenoxy) is 1. The summed E-state index contributed by atoms with van der Waals surface area (Å²) in [5.74, 6) is 1.55. The molecule has 0 saturated carbocycles. The van der Waals surface area contributed by atoms with Gasteiger partial charge in [0.05, 0.1) is 21.7 Å². The Kier molecular flexibility index (Phi) is 7.25. The van der Waals surface area contributed by atoms with Crippen LogP contribution in [-0.2, 0) is 40.1 Å². The van der Waals surface area contributed by atoms with Crippen molar-refractivity contribution in [2.45, 2.75) is 44.1 Å². The van der Waals surface area contributed by atoms with Gasteiger partial charge < -0.3 is 9.30 Å². The molecule has 0 amide bonds. The summed E-state index contributed by atoms with van der Waals surface area (Å²) in [6.45, 7) is 5.54. The first-order chi connectivity index (χ1) is 17.0. The second kappa shape index (κ2) is 10.1. The van der Waals surface area contributed by atoms with Gasteiger partial charge in [0.25, 0.3) is 0 Å². The van der Waals surface area contributed by atoms with Gasteiger partial charge >= 0.3 is 0 Å². The van der Waals surface area contributed by atoms with Gasteiger partial charge in [0.15, 0.2) is 21.3 Å². The quantitative estimate of drug-likeness (QED) is 0.281. The Morgan fingerprint density at radius 1 is 0.972 bits per heavy atom. The highest BCUT2D eigenvalue weighted by Gasteiger charge is 2.29. The van der Waals surface area contributed by atoms with Crippen molar-refractivity contribution in [3.63, 3.8) is 0 Å². The van der Waals surface area contributed by atoms with Gasteiger partial charge in [0.2, 0.25) is 0 Å². The number of halogens is 1. The van der Waals surface area contributed by atoms with E-state index >= 15 is 0 Å². The van der Waals surface area contributed by atoms with Crippen LogP contribution in [0.5, 0.6) is 5.75 Å². The highest BCUT2D eigenvalue weighted by Crippen LogP contribution is 2.30. The lowest BCUT2D eigenvalue weighted by Gasteiger charge is -2.26. The van der Waals surface area contributed by atoms with E-state index < -0.39 is 15.4 Å². The van der Waals surface area contributed by atoms with Gasteiger partial charge in [0, 0.05) is 24.9 Å². The zero-order valence-corrected chi connectivity index (χ0v) is 22.4. The molecule has 0 aliphatic heterocycles. The Bertz CT molecular complexity index is 1510. The number of fused-ring (bicyclic) bond motifs is 1. The van der Waals surface area contributed by atoms with Crippen molar-refractivity contribution in [3.05, 3.63) is 88.7 Å². The number of aromatic nitrogens is 2. The number of rotatable bonds is 9. The molecule has 0 fully saturated rings. The van der Waals surface area contributed by atoms with Gasteiger partial charge in [-0.2, -0.15) is 0 Å². The second-order valence-corrected chi connectivity index (χ2v) is 12.0. The zero-order valence-electron chi connectivity index (χ0n) is 20.8. The minimum absolute atomic E-state index is 0.0495. The van der Waals surface area contributed by atoms with E-state index in [0.29, 0.717) is 10.8 Å². The SMILES string of the molecule is CCS(=O)(=O)c1ccc(CC(=O)Cc2ccc(OC(C)(C)c3nc4ccc(Cl)cc4n3C)cc2)cc1. The molecule has 1 aromatic heterocycles. The summed E-state index contributed by atoms with van der Waals surface area (Å²) in [6.07, 6.45) is 0.526. The minimum Gasteiger partial charge on any atom is -0.480 e. The summed E-state index contributed by atoms with van der Waals surface area (Å²) in [5, 5.41) is 0.655. The molecule has 0 radical (unpaired) electrons. The normalized spacial score (nSPS) is 12.1. The van der Waals surface area contributed by atoms with Crippen LogP contribution >= 0.6 is 11.6 Å². The minimum atomic E-state index is -3.25. The van der Waals surface area contributed by atoms with E-state index in [1.807, 2.05) is 67.9 Å². The van der Waals surface area contributed by atoms with Crippen molar-refractivity contribution < 1.29 is 17.9 Å². The Morgan fingerprint density at radius 3 is 2.14 bits per heavy atom. The van der Waals surface area contributed by atoms with Crippen molar-refractivity contribution in [1.29, 1.82) is 0 Å². The Balaban J connectivity index is 1.40. The molecule has 4 aromatic rings. The average Bonchev–Trinajstić information content (AvgIpc) is 3.17. The van der Waals surface area contributed by atoms with Crippen molar-refractivity contribution in [1.82, 2.24) is 9.55 Å². The molecule has 0 spiro atoms. The number of Topliss-reactive ketones (excluding diaryl/α,β-unsaturated/α-hetero) is 1. The zero-order chi connectivity index (χ0) is 26.1. The fourth-order valence-corrected chi connectivity index (χ4v) is 5.27. The fraction of sp³-hybridized carbons (Fsp3) is 0.286. The van der Waals surface area contributed by atoms with Gasteiger partial charge in [-0.3, -0.25) is 4.79 Å². The number of carbonyl (C=O) groups excluding carboxylic acids is 1. The highest BCUT2D eigenvalue weighted by molar-refractivity contribution is 7.91. The van der Waals surface area contributed by atoms with E-state index in [0.717, 1.165) is 28.0 Å². The number of aryl methyl sites for hydroxylation is 1. The third-order valence-corrected chi connectivity index (χ3v) is 8.13. The Morgan fingerprint density at radius 2 is 1.56 bits per heavy atom. The van der Waals surface area contributed by atoms with Crippen molar-refractivity contribution in [3.8, 4) is 5.75 Å². The Labute approximate surface area is 216 Å². The maximum Gasteiger partial charge on any atom is 0.178 e. The molecule has 188 valence electrons. The topological polar surface area (TPSA) is 78.3 Å². The Hall–Kier alpha value is -3.16. The molecule has 1 heterocycles. The van der Waals surface area contributed by atoms with Gasteiger partial charge in [-0.05, 0) is 67.4 Å². The fourth-order valence-electron chi connectivity index (χ4n) is 4.22. The van der Waals surface area contributed by atoms with Crippen molar-refractivity contribution in [2.75, 3.05) is 5.75 Å². The lowest BCUT2D eigenvalue weighted by atomic mass is 10.0. The summed E-state index contributed by atoms with van der Waals surface area (Å²) in [7, 11) is -1.30. The summed E-state index contributed by atoms with van der Waals surface area (Å²) < 4.78 is 32.2. The third-order valence-electron chi connectivity index (χ3n) is 6.14. The number of imidazole rings is 1. The van der Waals surface area contributed by atoms with Crippen LogP contribution in [0, 0.1) is 0 Å². The average molecular weight is 525 g/mol. The summed E-state index contributed by atoms with van der Waals surface area (Å²) >= 11 is 6.15. The number of hydrogen-bond donors (Lipinski definition) is 0. The lowest BCUT2D eigenvalue weighted by Crippen LogP contribution is -2.29. The number of hydrogen-bond acceptors (Lipinski definition) is 5. The molecule has 0 unspecified atom stereocenters. The molecule has 0 atom stereocenters. The monoisotopic (exact) mass is 524 g/mol. The highest BCUT2D eigenvalue weighted by atomic mass is 35.5. The van der Waals surface area contributed by atoms with Crippen LogP contribution in [-0.4, -0.2) is 29.5 Å². The predicted octanol–water partition coefficient (Wildman–Crippen LogP) is 5.69. The molecule has 6 nitrogen and oxygen atoms in total. The van der Waals surface area contributed by atoms with E-state index in [1.165, 1.54) is 0 Å². The van der Waals surface area contributed by atoms with Crippen molar-refractivity contribution >= 4 is 38.3 Å².